The molecule has 1 N–H and O–H groups in total. The van der Waals surface area contributed by atoms with Crippen LogP contribution in [-0.4, -0.2) is 54.0 Å². The molecule has 0 saturated carbocycles. The number of hydrogen-bond donors (Lipinski definition) is 1. The van der Waals surface area contributed by atoms with Crippen LogP contribution in [0.15, 0.2) is 72.8 Å². The van der Waals surface area contributed by atoms with E-state index in [0.717, 1.165) is 50.0 Å². The number of likely N-dealkylation sites (tertiary alicyclic amines) is 1. The molecule has 0 aromatic heterocycles. The van der Waals surface area contributed by atoms with E-state index in [2.05, 4.69) is 4.90 Å². The van der Waals surface area contributed by atoms with Gasteiger partial charge in [0.05, 0.1) is 10.0 Å². The van der Waals surface area contributed by atoms with Gasteiger partial charge < -0.3 is 14.9 Å². The maximum absolute atomic E-state index is 13.0. The van der Waals surface area contributed by atoms with Gasteiger partial charge in [0, 0.05) is 25.1 Å². The van der Waals surface area contributed by atoms with Crippen molar-refractivity contribution in [1.29, 1.82) is 0 Å². The number of rotatable bonds is 8. The van der Waals surface area contributed by atoms with Crippen LogP contribution >= 0.6 is 35.6 Å². The number of para-hydroxylation sites is 1. The van der Waals surface area contributed by atoms with Gasteiger partial charge in [-0.1, -0.05) is 65.7 Å². The van der Waals surface area contributed by atoms with E-state index in [1.807, 2.05) is 73.8 Å². The third-order valence-electron chi connectivity index (χ3n) is 7.03. The maximum Gasteiger partial charge on any atom is 0.253 e. The molecule has 4 rings (SSSR count). The molecule has 3 aromatic carbocycles. The number of nitrogens with zero attached hydrogens (tertiary/aromatic N) is 2. The summed E-state index contributed by atoms with van der Waals surface area (Å²) < 4.78 is 0. The Hall–Kier alpha value is -2.24. The van der Waals surface area contributed by atoms with Gasteiger partial charge in [0.1, 0.15) is 5.75 Å². The molecule has 1 atom stereocenters. The number of phenolic OH excluding ortho intramolecular Hbond substituents is 1. The van der Waals surface area contributed by atoms with E-state index in [1.54, 1.807) is 11.0 Å². The van der Waals surface area contributed by atoms with Crippen molar-refractivity contribution in [2.45, 2.75) is 31.1 Å². The lowest BCUT2D eigenvalue weighted by molar-refractivity contribution is 0.0781. The molecule has 1 aliphatic rings. The van der Waals surface area contributed by atoms with E-state index < -0.39 is 0 Å². The van der Waals surface area contributed by atoms with Gasteiger partial charge in [0.15, 0.2) is 0 Å². The number of likely N-dealkylation sites (N-methyl/N-ethyl adjacent to an activating group) is 1. The smallest absolute Gasteiger partial charge is 0.253 e. The highest BCUT2D eigenvalue weighted by Gasteiger charge is 2.25. The monoisotopic (exact) mass is 546 g/mol. The van der Waals surface area contributed by atoms with E-state index in [1.165, 1.54) is 0 Å². The lowest BCUT2D eigenvalue weighted by Gasteiger charge is -2.34. The Bertz CT molecular complexity index is 1130. The molecule has 7 heteroatoms. The molecule has 0 bridgehead atoms. The second-order valence-corrected chi connectivity index (χ2v) is 10.2. The average Bonchev–Trinajstić information content (AvgIpc) is 2.89. The number of benzene rings is 3. The van der Waals surface area contributed by atoms with E-state index in [-0.39, 0.29) is 24.2 Å². The van der Waals surface area contributed by atoms with Gasteiger partial charge in [0.2, 0.25) is 0 Å². The Kier molecular flexibility index (Phi) is 10.5. The summed E-state index contributed by atoms with van der Waals surface area (Å²) >= 11 is 12.5. The van der Waals surface area contributed by atoms with Crippen molar-refractivity contribution in [1.82, 2.24) is 9.80 Å². The summed E-state index contributed by atoms with van der Waals surface area (Å²) in [6.45, 7) is 3.52. The molecule has 1 amide bonds. The van der Waals surface area contributed by atoms with E-state index in [4.69, 9.17) is 23.2 Å². The van der Waals surface area contributed by atoms with Gasteiger partial charge in [-0.15, -0.1) is 12.4 Å². The first-order valence-corrected chi connectivity index (χ1v) is 12.9. The first-order chi connectivity index (χ1) is 16.9. The first-order valence-electron chi connectivity index (χ1n) is 12.2. The fourth-order valence-electron chi connectivity index (χ4n) is 4.98. The number of hydrogen-bond acceptors (Lipinski definition) is 3. The zero-order valence-corrected chi connectivity index (χ0v) is 22.8. The van der Waals surface area contributed by atoms with Crippen molar-refractivity contribution in [3.05, 3.63) is 99.5 Å². The molecule has 0 spiro atoms. The van der Waals surface area contributed by atoms with Crippen LogP contribution in [-0.2, 0) is 0 Å². The molecule has 192 valence electrons. The second kappa shape index (κ2) is 13.3. The molecule has 4 nitrogen and oxygen atoms in total. The quantitative estimate of drug-likeness (QED) is 0.323. The fourth-order valence-corrected chi connectivity index (χ4v) is 5.29. The minimum absolute atomic E-state index is 0. The van der Waals surface area contributed by atoms with Gasteiger partial charge in [0.25, 0.3) is 5.91 Å². The molecular formula is C29H33Cl3N2O2. The van der Waals surface area contributed by atoms with Crippen LogP contribution < -0.4 is 0 Å². The van der Waals surface area contributed by atoms with Gasteiger partial charge >= 0.3 is 0 Å². The first kappa shape index (κ1) is 28.3. The summed E-state index contributed by atoms with van der Waals surface area (Å²) in [6, 6.07) is 22.8. The van der Waals surface area contributed by atoms with Gasteiger partial charge in [-0.05, 0) is 86.3 Å². The third kappa shape index (κ3) is 7.17. The number of piperidine rings is 1. The number of amides is 1. The molecule has 1 fully saturated rings. The topological polar surface area (TPSA) is 43.8 Å². The predicted octanol–water partition coefficient (Wildman–Crippen LogP) is 7.25. The van der Waals surface area contributed by atoms with Crippen molar-refractivity contribution in [3.63, 3.8) is 0 Å². The molecule has 0 radical (unpaired) electrons. The Morgan fingerprint density at radius 2 is 1.67 bits per heavy atom. The van der Waals surface area contributed by atoms with E-state index in [9.17, 15) is 9.90 Å². The molecule has 3 aromatic rings. The van der Waals surface area contributed by atoms with Crippen molar-refractivity contribution in [2.75, 3.05) is 33.2 Å². The number of aromatic hydroxyl groups is 1. The summed E-state index contributed by atoms with van der Waals surface area (Å²) in [4.78, 5) is 17.3. The molecule has 36 heavy (non-hydrogen) atoms. The van der Waals surface area contributed by atoms with Crippen LogP contribution in [0, 0.1) is 0 Å². The van der Waals surface area contributed by atoms with Crippen molar-refractivity contribution < 1.29 is 9.90 Å². The van der Waals surface area contributed by atoms with Crippen LogP contribution in [0.4, 0.5) is 0 Å². The van der Waals surface area contributed by atoms with Gasteiger partial charge in [-0.2, -0.15) is 0 Å². The summed E-state index contributed by atoms with van der Waals surface area (Å²) in [5, 5.41) is 11.3. The number of phenols is 1. The van der Waals surface area contributed by atoms with Crippen molar-refractivity contribution in [2.24, 2.45) is 0 Å². The zero-order valence-electron chi connectivity index (χ0n) is 20.4. The van der Waals surface area contributed by atoms with Crippen LogP contribution in [0.5, 0.6) is 5.75 Å². The number of carbonyl (C=O) groups is 1. The number of halogens is 3. The van der Waals surface area contributed by atoms with Gasteiger partial charge in [-0.3, -0.25) is 4.79 Å². The summed E-state index contributed by atoms with van der Waals surface area (Å²) in [5.41, 5.74) is 2.84. The summed E-state index contributed by atoms with van der Waals surface area (Å²) in [7, 11) is 1.86. The van der Waals surface area contributed by atoms with Crippen LogP contribution in [0.1, 0.15) is 52.6 Å². The minimum Gasteiger partial charge on any atom is -0.508 e. The van der Waals surface area contributed by atoms with Crippen LogP contribution in [0.25, 0.3) is 0 Å². The molecule has 1 unspecified atom stereocenters. The Morgan fingerprint density at radius 3 is 2.33 bits per heavy atom. The highest BCUT2D eigenvalue weighted by atomic mass is 35.5. The highest BCUT2D eigenvalue weighted by Crippen LogP contribution is 2.34. The Morgan fingerprint density at radius 1 is 1.00 bits per heavy atom. The molecular weight excluding hydrogens is 515 g/mol. The maximum atomic E-state index is 13.0. The Balaban J connectivity index is 0.00000361. The largest absolute Gasteiger partial charge is 0.508 e. The number of carbonyl (C=O) groups excluding carboxylic acids is 1. The normalized spacial score (nSPS) is 15.2. The predicted molar refractivity (Wildman–Crippen MR) is 151 cm³/mol. The summed E-state index contributed by atoms with van der Waals surface area (Å²) in [5.74, 6) is 0.946. The Labute approximate surface area is 230 Å². The molecule has 1 aliphatic heterocycles. The lowest BCUT2D eigenvalue weighted by Crippen LogP contribution is -2.36. The molecule has 1 heterocycles. The van der Waals surface area contributed by atoms with E-state index in [0.29, 0.717) is 33.8 Å². The summed E-state index contributed by atoms with van der Waals surface area (Å²) in [6.07, 6.45) is 2.97. The van der Waals surface area contributed by atoms with Crippen LogP contribution in [0.3, 0.4) is 0 Å². The van der Waals surface area contributed by atoms with Crippen molar-refractivity contribution >= 4 is 41.5 Å². The lowest BCUT2D eigenvalue weighted by atomic mass is 9.88. The van der Waals surface area contributed by atoms with E-state index >= 15 is 0 Å². The van der Waals surface area contributed by atoms with Gasteiger partial charge in [-0.25, -0.2) is 0 Å². The molecule has 1 saturated heterocycles. The van der Waals surface area contributed by atoms with Crippen LogP contribution in [0.2, 0.25) is 10.0 Å². The minimum atomic E-state index is 0. The third-order valence-corrected chi connectivity index (χ3v) is 7.77. The average molecular weight is 548 g/mol. The molecule has 0 aliphatic carbocycles. The highest BCUT2D eigenvalue weighted by molar-refractivity contribution is 6.42. The van der Waals surface area contributed by atoms with Crippen molar-refractivity contribution in [3.8, 4) is 5.75 Å². The fraction of sp³-hybridized carbons (Fsp3) is 0.345. The SMILES string of the molecule is CN(CC(CCN1CCC(c2ccccc2O)CC1)c1ccc(Cl)c(Cl)c1)C(=O)c1ccccc1.Cl. The standard InChI is InChI=1S/C29H32Cl2N2O2.ClH/c1-32(29(35)22-7-3-2-4-8-22)20-24(23-11-12-26(30)27(31)19-23)15-18-33-16-13-21(14-17-33)25-9-5-6-10-28(25)34;/h2-12,19,21,24,34H,13-18,20H2,1H3;1H. The second-order valence-electron chi connectivity index (χ2n) is 9.39. The zero-order chi connectivity index (χ0) is 24.8.